The molecule has 3 heteroatoms. The van der Waals surface area contributed by atoms with Crippen LogP contribution in [-0.4, -0.2) is 41.8 Å². The third-order valence-electron chi connectivity index (χ3n) is 3.40. The van der Waals surface area contributed by atoms with Crippen LogP contribution >= 0.6 is 0 Å². The number of hydrogen-bond acceptors (Lipinski definition) is 3. The first-order chi connectivity index (χ1) is 8.33. The van der Waals surface area contributed by atoms with Crippen LogP contribution in [0, 0.1) is 11.8 Å². The standard InChI is InChI=1S/C15H34N2O/c1-6-15(18,12-16)8-7-9-17(10-13(2)3)11-14(4)5/h13-14,18H,6-12,16H2,1-5H3. The minimum atomic E-state index is -0.651. The second kappa shape index (κ2) is 8.89. The van der Waals surface area contributed by atoms with Gasteiger partial charge in [-0.15, -0.1) is 0 Å². The van der Waals surface area contributed by atoms with Crippen molar-refractivity contribution in [3.8, 4) is 0 Å². The van der Waals surface area contributed by atoms with Gasteiger partial charge in [0, 0.05) is 19.6 Å². The fraction of sp³-hybridized carbons (Fsp3) is 1.00. The summed E-state index contributed by atoms with van der Waals surface area (Å²) >= 11 is 0. The van der Waals surface area contributed by atoms with Crippen molar-refractivity contribution >= 4 is 0 Å². The highest BCUT2D eigenvalue weighted by molar-refractivity contribution is 4.78. The molecular weight excluding hydrogens is 224 g/mol. The van der Waals surface area contributed by atoms with E-state index >= 15 is 0 Å². The van der Waals surface area contributed by atoms with E-state index in [2.05, 4.69) is 32.6 Å². The molecule has 0 rings (SSSR count). The largest absolute Gasteiger partial charge is 0.389 e. The van der Waals surface area contributed by atoms with E-state index in [1.165, 1.54) is 0 Å². The maximum Gasteiger partial charge on any atom is 0.0767 e. The van der Waals surface area contributed by atoms with E-state index in [1.54, 1.807) is 0 Å². The summed E-state index contributed by atoms with van der Waals surface area (Å²) < 4.78 is 0. The van der Waals surface area contributed by atoms with E-state index < -0.39 is 5.60 Å². The van der Waals surface area contributed by atoms with Crippen molar-refractivity contribution in [1.82, 2.24) is 4.90 Å². The molecule has 0 aromatic rings. The monoisotopic (exact) mass is 258 g/mol. The lowest BCUT2D eigenvalue weighted by Crippen LogP contribution is -2.38. The summed E-state index contributed by atoms with van der Waals surface area (Å²) in [4.78, 5) is 2.52. The summed E-state index contributed by atoms with van der Waals surface area (Å²) in [6, 6.07) is 0. The molecule has 18 heavy (non-hydrogen) atoms. The Labute approximate surface area is 114 Å². The Morgan fingerprint density at radius 1 is 1.11 bits per heavy atom. The molecule has 0 aromatic carbocycles. The van der Waals surface area contributed by atoms with Crippen molar-refractivity contribution in [2.75, 3.05) is 26.2 Å². The zero-order valence-corrected chi connectivity index (χ0v) is 13.1. The first-order valence-electron chi connectivity index (χ1n) is 7.47. The molecular formula is C15H34N2O. The van der Waals surface area contributed by atoms with Crippen LogP contribution in [0.25, 0.3) is 0 Å². The van der Waals surface area contributed by atoms with Crippen LogP contribution in [0.5, 0.6) is 0 Å². The number of nitrogens with two attached hydrogens (primary N) is 1. The molecule has 0 radical (unpaired) electrons. The highest BCUT2D eigenvalue weighted by Crippen LogP contribution is 2.16. The van der Waals surface area contributed by atoms with E-state index in [0.717, 1.165) is 38.9 Å². The van der Waals surface area contributed by atoms with Crippen molar-refractivity contribution < 1.29 is 5.11 Å². The van der Waals surface area contributed by atoms with Crippen LogP contribution in [0.4, 0.5) is 0 Å². The molecule has 0 aliphatic rings. The van der Waals surface area contributed by atoms with Gasteiger partial charge in [0.1, 0.15) is 0 Å². The molecule has 110 valence electrons. The molecule has 0 aliphatic heterocycles. The Kier molecular flexibility index (Phi) is 8.83. The summed E-state index contributed by atoms with van der Waals surface area (Å²) in [6.07, 6.45) is 2.59. The van der Waals surface area contributed by atoms with Gasteiger partial charge in [-0.2, -0.15) is 0 Å². The molecule has 0 spiro atoms. The fourth-order valence-corrected chi connectivity index (χ4v) is 2.34. The van der Waals surface area contributed by atoms with Gasteiger partial charge >= 0.3 is 0 Å². The third-order valence-corrected chi connectivity index (χ3v) is 3.40. The van der Waals surface area contributed by atoms with Crippen LogP contribution in [0.15, 0.2) is 0 Å². The average Bonchev–Trinajstić information content (AvgIpc) is 2.27. The van der Waals surface area contributed by atoms with Crippen molar-refractivity contribution in [2.24, 2.45) is 17.6 Å². The quantitative estimate of drug-likeness (QED) is 0.633. The van der Waals surface area contributed by atoms with Gasteiger partial charge < -0.3 is 15.7 Å². The predicted molar refractivity (Wildman–Crippen MR) is 79.6 cm³/mol. The van der Waals surface area contributed by atoms with Gasteiger partial charge in [0.25, 0.3) is 0 Å². The van der Waals surface area contributed by atoms with Gasteiger partial charge in [0.05, 0.1) is 5.60 Å². The molecule has 0 fully saturated rings. The van der Waals surface area contributed by atoms with Crippen molar-refractivity contribution in [3.05, 3.63) is 0 Å². The predicted octanol–water partition coefficient (Wildman–Crippen LogP) is 2.48. The second-order valence-corrected chi connectivity index (χ2v) is 6.43. The Morgan fingerprint density at radius 2 is 1.61 bits per heavy atom. The van der Waals surface area contributed by atoms with Crippen molar-refractivity contribution in [1.29, 1.82) is 0 Å². The van der Waals surface area contributed by atoms with Crippen LogP contribution < -0.4 is 5.73 Å². The number of rotatable bonds is 10. The molecule has 0 amide bonds. The maximum absolute atomic E-state index is 10.2. The first kappa shape index (κ1) is 17.9. The normalized spacial score (nSPS) is 15.7. The lowest BCUT2D eigenvalue weighted by atomic mass is 9.94. The molecule has 0 bridgehead atoms. The molecule has 1 atom stereocenters. The molecule has 0 aliphatic carbocycles. The highest BCUT2D eigenvalue weighted by Gasteiger charge is 2.22. The zero-order valence-electron chi connectivity index (χ0n) is 13.1. The van der Waals surface area contributed by atoms with Gasteiger partial charge in [0.15, 0.2) is 0 Å². The molecule has 0 aromatic heterocycles. The SMILES string of the molecule is CCC(O)(CN)CCCN(CC(C)C)CC(C)C. The number of hydrogen-bond donors (Lipinski definition) is 2. The van der Waals surface area contributed by atoms with Crippen LogP contribution in [0.3, 0.4) is 0 Å². The maximum atomic E-state index is 10.2. The molecule has 3 N–H and O–H groups in total. The molecule has 1 unspecified atom stereocenters. The van der Waals surface area contributed by atoms with E-state index in [9.17, 15) is 5.11 Å². The second-order valence-electron chi connectivity index (χ2n) is 6.43. The fourth-order valence-electron chi connectivity index (χ4n) is 2.34. The van der Waals surface area contributed by atoms with E-state index in [0.29, 0.717) is 18.4 Å². The van der Waals surface area contributed by atoms with Gasteiger partial charge in [-0.3, -0.25) is 0 Å². The first-order valence-corrected chi connectivity index (χ1v) is 7.47. The van der Waals surface area contributed by atoms with Gasteiger partial charge in [-0.25, -0.2) is 0 Å². The summed E-state index contributed by atoms with van der Waals surface area (Å²) in [5, 5.41) is 10.2. The van der Waals surface area contributed by atoms with E-state index in [-0.39, 0.29) is 0 Å². The van der Waals surface area contributed by atoms with Crippen molar-refractivity contribution in [2.45, 2.75) is 59.5 Å². The molecule has 0 saturated heterocycles. The molecule has 3 nitrogen and oxygen atoms in total. The smallest absolute Gasteiger partial charge is 0.0767 e. The molecule has 0 heterocycles. The summed E-state index contributed by atoms with van der Waals surface area (Å²) in [5.74, 6) is 1.40. The third kappa shape index (κ3) is 8.06. The Hall–Kier alpha value is -0.120. The van der Waals surface area contributed by atoms with Crippen LogP contribution in [0.2, 0.25) is 0 Å². The van der Waals surface area contributed by atoms with Crippen LogP contribution in [0.1, 0.15) is 53.9 Å². The minimum Gasteiger partial charge on any atom is -0.389 e. The van der Waals surface area contributed by atoms with Crippen molar-refractivity contribution in [3.63, 3.8) is 0 Å². The summed E-state index contributed by atoms with van der Waals surface area (Å²) in [7, 11) is 0. The molecule has 0 saturated carbocycles. The average molecular weight is 258 g/mol. The Balaban J connectivity index is 4.09. The topological polar surface area (TPSA) is 49.5 Å². The minimum absolute atomic E-state index is 0.373. The Bertz CT molecular complexity index is 191. The number of nitrogens with zero attached hydrogens (tertiary/aromatic N) is 1. The summed E-state index contributed by atoms with van der Waals surface area (Å²) in [5.41, 5.74) is 4.98. The lowest BCUT2D eigenvalue weighted by molar-refractivity contribution is 0.0309. The van der Waals surface area contributed by atoms with Gasteiger partial charge in [-0.1, -0.05) is 34.6 Å². The van der Waals surface area contributed by atoms with Gasteiger partial charge in [0.2, 0.25) is 0 Å². The van der Waals surface area contributed by atoms with Gasteiger partial charge in [-0.05, 0) is 37.6 Å². The van der Waals surface area contributed by atoms with E-state index in [4.69, 9.17) is 5.73 Å². The Morgan fingerprint density at radius 3 is 1.94 bits per heavy atom. The van der Waals surface area contributed by atoms with Crippen LogP contribution in [-0.2, 0) is 0 Å². The van der Waals surface area contributed by atoms with E-state index in [1.807, 2.05) is 6.92 Å². The zero-order chi connectivity index (χ0) is 14.2. The lowest BCUT2D eigenvalue weighted by Gasteiger charge is -2.29. The highest BCUT2D eigenvalue weighted by atomic mass is 16.3. The number of aliphatic hydroxyl groups is 1. The summed E-state index contributed by atoms with van der Waals surface area (Å²) in [6.45, 7) is 14.8.